The molecule has 0 aliphatic carbocycles. The molecular formula is C42H27N3. The molecule has 0 saturated heterocycles. The van der Waals surface area contributed by atoms with Gasteiger partial charge in [0.2, 0.25) is 0 Å². The topological polar surface area (TPSA) is 14.8 Å². The van der Waals surface area contributed by atoms with Crippen LogP contribution in [0.25, 0.3) is 82.5 Å². The van der Waals surface area contributed by atoms with Crippen LogP contribution >= 0.6 is 0 Å². The molecule has 0 fully saturated rings. The van der Waals surface area contributed by atoms with E-state index in [1.54, 1.807) is 0 Å². The summed E-state index contributed by atoms with van der Waals surface area (Å²) >= 11 is 0. The Hall–Kier alpha value is -6.06. The van der Waals surface area contributed by atoms with E-state index in [0.29, 0.717) is 0 Å². The summed E-state index contributed by atoms with van der Waals surface area (Å²) in [5.41, 5.74) is 10.7. The monoisotopic (exact) mass is 573 g/mol. The molecule has 210 valence electrons. The molecule has 0 saturated carbocycles. The molecule has 45 heavy (non-hydrogen) atoms. The van der Waals surface area contributed by atoms with Crippen molar-refractivity contribution in [1.29, 1.82) is 0 Å². The van der Waals surface area contributed by atoms with Crippen LogP contribution in [0.15, 0.2) is 164 Å². The largest absolute Gasteiger partial charge is 0.309 e. The molecule has 0 amide bonds. The molecule has 3 heteroatoms. The van der Waals surface area contributed by atoms with E-state index in [1.807, 2.05) is 0 Å². The van der Waals surface area contributed by atoms with Crippen molar-refractivity contribution in [3.8, 4) is 17.1 Å². The highest BCUT2D eigenvalue weighted by atomic mass is 15.0. The van der Waals surface area contributed by atoms with Crippen molar-refractivity contribution < 1.29 is 0 Å². The van der Waals surface area contributed by atoms with Crippen molar-refractivity contribution >= 4 is 65.4 Å². The highest BCUT2D eigenvalue weighted by Gasteiger charge is 2.20. The second-order valence-corrected chi connectivity index (χ2v) is 11.8. The lowest BCUT2D eigenvalue weighted by Crippen LogP contribution is -1.96. The van der Waals surface area contributed by atoms with Crippen LogP contribution in [0.4, 0.5) is 0 Å². The Morgan fingerprint density at radius 3 is 1.13 bits per heavy atom. The Bertz CT molecular complexity index is 2690. The van der Waals surface area contributed by atoms with Crippen LogP contribution in [-0.2, 0) is 0 Å². The van der Waals surface area contributed by atoms with Crippen LogP contribution in [0.1, 0.15) is 0 Å². The summed E-state index contributed by atoms with van der Waals surface area (Å²) in [4.78, 5) is 0. The van der Waals surface area contributed by atoms with E-state index in [-0.39, 0.29) is 0 Å². The van der Waals surface area contributed by atoms with Gasteiger partial charge in [-0.2, -0.15) is 0 Å². The minimum absolute atomic E-state index is 1.16. The third kappa shape index (κ3) is 3.41. The summed E-state index contributed by atoms with van der Waals surface area (Å²) in [5.74, 6) is 0. The molecule has 0 unspecified atom stereocenters. The van der Waals surface area contributed by atoms with Crippen molar-refractivity contribution in [3.63, 3.8) is 0 Å². The number of para-hydroxylation sites is 5. The molecule has 0 radical (unpaired) electrons. The summed E-state index contributed by atoms with van der Waals surface area (Å²) in [6.07, 6.45) is 0. The van der Waals surface area contributed by atoms with Crippen LogP contribution in [0.3, 0.4) is 0 Å². The van der Waals surface area contributed by atoms with E-state index in [0.717, 1.165) is 5.69 Å². The van der Waals surface area contributed by atoms with Gasteiger partial charge < -0.3 is 13.7 Å². The SMILES string of the molecule is c1ccc(-n2c3ccccc3c3cc4c5cc(-n6c7ccccc7c7ccccc76)ccc5n(-c5ccccc5)c4cc32)cc1. The molecule has 10 rings (SSSR count). The first-order chi connectivity index (χ1) is 22.3. The van der Waals surface area contributed by atoms with E-state index < -0.39 is 0 Å². The zero-order valence-corrected chi connectivity index (χ0v) is 24.4. The first kappa shape index (κ1) is 24.4. The third-order valence-corrected chi connectivity index (χ3v) is 9.41. The van der Waals surface area contributed by atoms with Gasteiger partial charge in [-0.15, -0.1) is 0 Å². The van der Waals surface area contributed by atoms with E-state index in [9.17, 15) is 0 Å². The smallest absolute Gasteiger partial charge is 0.0562 e. The number of fused-ring (bicyclic) bond motifs is 9. The molecule has 3 heterocycles. The van der Waals surface area contributed by atoms with Gasteiger partial charge in [-0.25, -0.2) is 0 Å². The van der Waals surface area contributed by atoms with Crippen LogP contribution in [0.5, 0.6) is 0 Å². The van der Waals surface area contributed by atoms with E-state index in [1.165, 1.54) is 76.8 Å². The molecular weight excluding hydrogens is 546 g/mol. The average Bonchev–Trinajstić information content (AvgIpc) is 3.73. The highest BCUT2D eigenvalue weighted by Crippen LogP contribution is 2.41. The highest BCUT2D eigenvalue weighted by molar-refractivity contribution is 6.19. The van der Waals surface area contributed by atoms with E-state index in [2.05, 4.69) is 177 Å². The van der Waals surface area contributed by atoms with Gasteiger partial charge in [0.25, 0.3) is 0 Å². The van der Waals surface area contributed by atoms with Crippen LogP contribution < -0.4 is 0 Å². The predicted octanol–water partition coefficient (Wildman–Crippen LogP) is 11.0. The number of benzene rings is 7. The molecule has 0 N–H and O–H groups in total. The van der Waals surface area contributed by atoms with Crippen molar-refractivity contribution in [1.82, 2.24) is 13.7 Å². The first-order valence-electron chi connectivity index (χ1n) is 15.5. The number of rotatable bonds is 3. The van der Waals surface area contributed by atoms with Gasteiger partial charge in [0.05, 0.1) is 33.1 Å². The van der Waals surface area contributed by atoms with Crippen molar-refractivity contribution in [2.75, 3.05) is 0 Å². The third-order valence-electron chi connectivity index (χ3n) is 9.41. The second-order valence-electron chi connectivity index (χ2n) is 11.8. The normalized spacial score (nSPS) is 12.0. The number of aromatic nitrogens is 3. The Morgan fingerprint density at radius 2 is 0.600 bits per heavy atom. The number of hydrogen-bond acceptors (Lipinski definition) is 0. The maximum Gasteiger partial charge on any atom is 0.0562 e. The number of hydrogen-bond donors (Lipinski definition) is 0. The molecule has 0 aliphatic rings. The maximum absolute atomic E-state index is 2.42. The molecule has 3 nitrogen and oxygen atoms in total. The molecule has 7 aromatic carbocycles. The number of nitrogens with zero attached hydrogens (tertiary/aromatic N) is 3. The molecule has 0 atom stereocenters. The van der Waals surface area contributed by atoms with E-state index in [4.69, 9.17) is 0 Å². The average molecular weight is 574 g/mol. The van der Waals surface area contributed by atoms with E-state index >= 15 is 0 Å². The van der Waals surface area contributed by atoms with Crippen molar-refractivity contribution in [3.05, 3.63) is 164 Å². The van der Waals surface area contributed by atoms with Crippen LogP contribution in [-0.4, -0.2) is 13.7 Å². The van der Waals surface area contributed by atoms with Gasteiger partial charge in [-0.3, -0.25) is 0 Å². The van der Waals surface area contributed by atoms with Gasteiger partial charge in [-0.1, -0.05) is 91.0 Å². The lowest BCUT2D eigenvalue weighted by atomic mass is 10.1. The van der Waals surface area contributed by atoms with Gasteiger partial charge >= 0.3 is 0 Å². The summed E-state index contributed by atoms with van der Waals surface area (Å²) in [7, 11) is 0. The maximum atomic E-state index is 2.42. The summed E-state index contributed by atoms with van der Waals surface area (Å²) in [6, 6.07) is 59.5. The predicted molar refractivity (Wildman–Crippen MR) is 189 cm³/mol. The standard InChI is InChI=1S/C42H27N3/c1-3-13-28(14-4-1)43-39-22-12-9-19-33(39)35-26-36-34-25-30(45-37-20-10-7-17-31(37)32-18-8-11-21-38(32)45)23-24-40(34)44(42(36)27-41(35)43)29-15-5-2-6-16-29/h1-27H. The van der Waals surface area contributed by atoms with Gasteiger partial charge in [0, 0.05) is 49.4 Å². The quantitative estimate of drug-likeness (QED) is 0.200. The van der Waals surface area contributed by atoms with Gasteiger partial charge in [0.15, 0.2) is 0 Å². The molecule has 3 aromatic heterocycles. The summed E-state index contributed by atoms with van der Waals surface area (Å²) in [6.45, 7) is 0. The fourth-order valence-electron chi connectivity index (χ4n) is 7.52. The molecule has 0 spiro atoms. The molecule has 0 bridgehead atoms. The summed E-state index contributed by atoms with van der Waals surface area (Å²) < 4.78 is 7.24. The Kier molecular flexibility index (Phi) is 5.00. The van der Waals surface area contributed by atoms with Crippen LogP contribution in [0, 0.1) is 0 Å². The Morgan fingerprint density at radius 1 is 0.222 bits per heavy atom. The first-order valence-corrected chi connectivity index (χ1v) is 15.5. The second kappa shape index (κ2) is 9.22. The van der Waals surface area contributed by atoms with Crippen LogP contribution in [0.2, 0.25) is 0 Å². The fourth-order valence-corrected chi connectivity index (χ4v) is 7.52. The zero-order valence-electron chi connectivity index (χ0n) is 24.4. The summed E-state index contributed by atoms with van der Waals surface area (Å²) in [5, 5.41) is 7.56. The zero-order chi connectivity index (χ0) is 29.5. The fraction of sp³-hybridized carbons (Fsp3) is 0. The van der Waals surface area contributed by atoms with Crippen molar-refractivity contribution in [2.24, 2.45) is 0 Å². The minimum Gasteiger partial charge on any atom is -0.309 e. The Balaban J connectivity index is 1.35. The van der Waals surface area contributed by atoms with Gasteiger partial charge in [0.1, 0.15) is 0 Å². The Labute approximate surface area is 259 Å². The molecule has 0 aliphatic heterocycles. The molecule has 10 aromatic rings. The minimum atomic E-state index is 1.16. The van der Waals surface area contributed by atoms with Gasteiger partial charge in [-0.05, 0) is 72.8 Å². The lowest BCUT2D eigenvalue weighted by Gasteiger charge is -2.10. The lowest BCUT2D eigenvalue weighted by molar-refractivity contribution is 1.16. The van der Waals surface area contributed by atoms with Crippen molar-refractivity contribution in [2.45, 2.75) is 0 Å².